The van der Waals surface area contributed by atoms with Gasteiger partial charge in [0.2, 0.25) is 5.95 Å². The van der Waals surface area contributed by atoms with Gasteiger partial charge < -0.3 is 15.1 Å². The monoisotopic (exact) mass is 554 g/mol. The van der Waals surface area contributed by atoms with Gasteiger partial charge in [-0.1, -0.05) is 5.92 Å². The Bertz CT molecular complexity index is 1680. The van der Waals surface area contributed by atoms with E-state index in [2.05, 4.69) is 43.0 Å². The lowest BCUT2D eigenvalue weighted by atomic mass is 9.98. The molecule has 6 heterocycles. The second kappa shape index (κ2) is 10.2. The zero-order valence-electron chi connectivity index (χ0n) is 23.2. The van der Waals surface area contributed by atoms with E-state index in [-0.39, 0.29) is 16.8 Å². The second-order valence-electron chi connectivity index (χ2n) is 11.5. The van der Waals surface area contributed by atoms with Crippen molar-refractivity contribution in [1.82, 2.24) is 30.2 Å². The number of aromatic nitrogens is 4. The van der Waals surface area contributed by atoms with E-state index in [0.717, 1.165) is 51.9 Å². The lowest BCUT2D eigenvalue weighted by molar-refractivity contribution is 0.211. The Hall–Kier alpha value is -3.94. The molecule has 8 nitrogen and oxygen atoms in total. The molecule has 3 aromatic heterocycles. The first-order chi connectivity index (χ1) is 19.9. The van der Waals surface area contributed by atoms with Crippen molar-refractivity contribution >= 4 is 33.4 Å². The average Bonchev–Trinajstić information content (AvgIpc) is 3.55. The minimum Gasteiger partial charge on any atom is -0.357 e. The van der Waals surface area contributed by atoms with Gasteiger partial charge in [0.05, 0.1) is 10.9 Å². The highest BCUT2D eigenvalue weighted by molar-refractivity contribution is 6.01. The fraction of sp³-hybridized carbons (Fsp3) is 0.419. The van der Waals surface area contributed by atoms with E-state index in [1.165, 1.54) is 12.3 Å². The number of piperazine rings is 1. The third-order valence-corrected chi connectivity index (χ3v) is 9.07. The Labute approximate surface area is 237 Å². The molecule has 0 spiro atoms. The van der Waals surface area contributed by atoms with Crippen LogP contribution in [0.1, 0.15) is 31.2 Å². The van der Waals surface area contributed by atoms with E-state index in [9.17, 15) is 4.39 Å². The number of hydrogen-bond acceptors (Lipinski definition) is 8. The van der Waals surface area contributed by atoms with Gasteiger partial charge in [0, 0.05) is 79.7 Å². The van der Waals surface area contributed by atoms with E-state index >= 15 is 4.39 Å². The van der Waals surface area contributed by atoms with Crippen molar-refractivity contribution in [3.63, 3.8) is 0 Å². The molecule has 3 atom stereocenters. The van der Waals surface area contributed by atoms with Gasteiger partial charge in [-0.15, -0.1) is 6.42 Å². The summed E-state index contributed by atoms with van der Waals surface area (Å²) in [4.78, 5) is 25.4. The predicted octanol–water partition coefficient (Wildman–Crippen LogP) is 3.97. The molecule has 1 aromatic carbocycles. The number of pyridine rings is 2. The number of likely N-dealkylation sites (N-methyl/N-ethyl adjacent to an activating group) is 2. The lowest BCUT2D eigenvalue weighted by Gasteiger charge is -2.39. The van der Waals surface area contributed by atoms with E-state index < -0.39 is 11.6 Å². The highest BCUT2D eigenvalue weighted by atomic mass is 19.1. The van der Waals surface area contributed by atoms with Crippen LogP contribution in [-0.2, 0) is 0 Å². The summed E-state index contributed by atoms with van der Waals surface area (Å²) >= 11 is 0. The Morgan fingerprint density at radius 1 is 1.10 bits per heavy atom. The third kappa shape index (κ3) is 4.35. The molecule has 2 bridgehead atoms. The number of anilines is 2. The van der Waals surface area contributed by atoms with Crippen molar-refractivity contribution in [3.8, 4) is 23.6 Å². The van der Waals surface area contributed by atoms with Crippen LogP contribution in [0.4, 0.5) is 20.5 Å². The maximum absolute atomic E-state index is 16.7. The number of halogens is 2. The van der Waals surface area contributed by atoms with Gasteiger partial charge in [0.15, 0.2) is 5.82 Å². The van der Waals surface area contributed by atoms with E-state index in [4.69, 9.17) is 16.4 Å². The topological polar surface area (TPSA) is 73.3 Å². The first-order valence-electron chi connectivity index (χ1n) is 14.2. The molecule has 3 aliphatic rings. The molecule has 41 heavy (non-hydrogen) atoms. The summed E-state index contributed by atoms with van der Waals surface area (Å²) in [5, 5.41) is 5.09. The van der Waals surface area contributed by atoms with Crippen LogP contribution in [0.5, 0.6) is 0 Å². The number of benzene rings is 1. The van der Waals surface area contributed by atoms with Gasteiger partial charge in [0.25, 0.3) is 0 Å². The maximum Gasteiger partial charge on any atom is 0.228 e. The number of nitrogens with one attached hydrogen (secondary N) is 1. The molecule has 3 aliphatic heterocycles. The molecule has 2 unspecified atom stereocenters. The lowest BCUT2D eigenvalue weighted by Crippen LogP contribution is -2.52. The summed E-state index contributed by atoms with van der Waals surface area (Å²) in [6.07, 6.45) is 14.9. The third-order valence-electron chi connectivity index (χ3n) is 9.07. The first-order valence-corrected chi connectivity index (χ1v) is 14.2. The SMILES string of the molecule is C#Cc1c(F)ccc2cncc(-c3ncc4c(N(C)C[C@@H]5CCCN5)nc(N5CC6CCC(C5)N6C)nc4c3F)c12. The summed E-state index contributed by atoms with van der Waals surface area (Å²) < 4.78 is 31.4. The van der Waals surface area contributed by atoms with Crippen LogP contribution in [0.2, 0.25) is 0 Å². The minimum absolute atomic E-state index is 0.0341. The summed E-state index contributed by atoms with van der Waals surface area (Å²) in [6, 6.07) is 4.08. The molecular weight excluding hydrogens is 522 g/mol. The van der Waals surface area contributed by atoms with Crippen LogP contribution < -0.4 is 15.1 Å². The van der Waals surface area contributed by atoms with Crippen molar-refractivity contribution < 1.29 is 8.78 Å². The average molecular weight is 555 g/mol. The summed E-state index contributed by atoms with van der Waals surface area (Å²) in [5.41, 5.74) is 0.606. The smallest absolute Gasteiger partial charge is 0.228 e. The van der Waals surface area contributed by atoms with Gasteiger partial charge in [-0.3, -0.25) is 14.9 Å². The van der Waals surface area contributed by atoms with Gasteiger partial charge in [-0.05, 0) is 51.4 Å². The Kier molecular flexibility index (Phi) is 6.44. The Morgan fingerprint density at radius 2 is 1.90 bits per heavy atom. The molecule has 0 saturated carbocycles. The van der Waals surface area contributed by atoms with Crippen LogP contribution in [0.15, 0.2) is 30.7 Å². The number of terminal acetylenes is 1. The quantitative estimate of drug-likeness (QED) is 0.372. The van der Waals surface area contributed by atoms with Gasteiger partial charge >= 0.3 is 0 Å². The summed E-state index contributed by atoms with van der Waals surface area (Å²) in [6.45, 7) is 3.32. The molecule has 0 amide bonds. The Morgan fingerprint density at radius 3 is 2.63 bits per heavy atom. The minimum atomic E-state index is -0.599. The van der Waals surface area contributed by atoms with Gasteiger partial charge in [-0.2, -0.15) is 4.98 Å². The molecule has 210 valence electrons. The molecular formula is C31H32F2N8. The molecule has 7 rings (SSSR count). The number of rotatable bonds is 5. The molecule has 0 aliphatic carbocycles. The van der Waals surface area contributed by atoms with E-state index in [1.807, 2.05) is 7.05 Å². The zero-order chi connectivity index (χ0) is 28.2. The number of hydrogen-bond donors (Lipinski definition) is 1. The van der Waals surface area contributed by atoms with E-state index in [0.29, 0.717) is 51.6 Å². The molecule has 3 fully saturated rings. The largest absolute Gasteiger partial charge is 0.357 e. The highest BCUT2D eigenvalue weighted by Gasteiger charge is 2.38. The fourth-order valence-electron chi connectivity index (χ4n) is 6.83. The Balaban J connectivity index is 1.40. The summed E-state index contributed by atoms with van der Waals surface area (Å²) in [5.74, 6) is 2.45. The van der Waals surface area contributed by atoms with Crippen molar-refractivity contribution in [3.05, 3.63) is 47.9 Å². The second-order valence-corrected chi connectivity index (χ2v) is 11.5. The van der Waals surface area contributed by atoms with Crippen LogP contribution in [0, 0.1) is 24.0 Å². The maximum atomic E-state index is 16.7. The zero-order valence-corrected chi connectivity index (χ0v) is 23.2. The van der Waals surface area contributed by atoms with Crippen LogP contribution in [-0.4, -0.2) is 83.2 Å². The molecule has 1 N–H and O–H groups in total. The van der Waals surface area contributed by atoms with Crippen molar-refractivity contribution in [1.29, 1.82) is 0 Å². The molecule has 4 aromatic rings. The molecule has 0 radical (unpaired) electrons. The van der Waals surface area contributed by atoms with Crippen molar-refractivity contribution in [2.75, 3.05) is 50.1 Å². The number of fused-ring (bicyclic) bond motifs is 4. The van der Waals surface area contributed by atoms with Gasteiger partial charge in [-0.25, -0.2) is 13.8 Å². The first kappa shape index (κ1) is 26.0. The molecule has 3 saturated heterocycles. The van der Waals surface area contributed by atoms with E-state index in [1.54, 1.807) is 18.5 Å². The predicted molar refractivity (Wildman–Crippen MR) is 157 cm³/mol. The standard InChI is InChI=1S/C31H32F2N8/c1-4-22-25(32)10-7-18-12-34-13-23(26(18)22)28-27(33)29-24(14-36-28)30(39(2)15-19-6-5-11-35-19)38-31(37-29)41-16-20-8-9-21(17-41)40(20)3/h1,7,10,12-14,19-21,35H,5-6,8-9,11,15-17H2,2-3H3/t19-,20?,21?/m0/s1. The van der Waals surface area contributed by atoms with Gasteiger partial charge in [0.1, 0.15) is 22.8 Å². The number of nitrogens with zero attached hydrogens (tertiary/aromatic N) is 7. The van der Waals surface area contributed by atoms with Crippen LogP contribution in [0.3, 0.4) is 0 Å². The van der Waals surface area contributed by atoms with Crippen molar-refractivity contribution in [2.24, 2.45) is 0 Å². The fourth-order valence-corrected chi connectivity index (χ4v) is 6.83. The van der Waals surface area contributed by atoms with Crippen molar-refractivity contribution in [2.45, 2.75) is 43.8 Å². The molecule has 10 heteroatoms. The summed E-state index contributed by atoms with van der Waals surface area (Å²) in [7, 11) is 4.17. The normalized spacial score (nSPS) is 22.5. The van der Waals surface area contributed by atoms with Crippen LogP contribution >= 0.6 is 0 Å². The highest BCUT2D eigenvalue weighted by Crippen LogP contribution is 2.37. The van der Waals surface area contributed by atoms with Crippen LogP contribution in [0.25, 0.3) is 32.9 Å².